The molecule has 0 fully saturated rings. The summed E-state index contributed by atoms with van der Waals surface area (Å²) in [6.45, 7) is 3.50. The quantitative estimate of drug-likeness (QED) is 0.379. The number of fused-ring (bicyclic) bond motifs is 3. The highest BCUT2D eigenvalue weighted by Gasteiger charge is 2.36. The molecule has 3 aromatic rings. The number of furan rings is 1. The summed E-state index contributed by atoms with van der Waals surface area (Å²) >= 11 is 0. The van der Waals surface area contributed by atoms with Crippen molar-refractivity contribution in [2.45, 2.75) is 6.92 Å². The number of carbonyl (C=O) groups excluding carboxylic acids is 2. The maximum Gasteiger partial charge on any atom is 0.196 e. The van der Waals surface area contributed by atoms with Crippen LogP contribution in [0.5, 0.6) is 0 Å². The minimum Gasteiger partial charge on any atom is -0.459 e. The molecule has 7 nitrogen and oxygen atoms in total. The number of hydrogen-bond donors (Lipinski definition) is 4. The predicted molar refractivity (Wildman–Crippen MR) is 109 cm³/mol. The molecule has 0 spiro atoms. The van der Waals surface area contributed by atoms with Crippen molar-refractivity contribution in [3.63, 3.8) is 0 Å². The average molecular weight is 378 g/mol. The first kappa shape index (κ1) is 18.2. The van der Waals surface area contributed by atoms with E-state index in [-0.39, 0.29) is 11.6 Å². The van der Waals surface area contributed by atoms with Crippen LogP contribution in [0.15, 0.2) is 34.7 Å². The highest BCUT2D eigenvalue weighted by molar-refractivity contribution is 6.34. The normalized spacial score (nSPS) is 12.8. The number of benzene rings is 2. The molecule has 144 valence electrons. The third-order valence-electron chi connectivity index (χ3n) is 4.86. The van der Waals surface area contributed by atoms with E-state index in [0.29, 0.717) is 71.2 Å². The van der Waals surface area contributed by atoms with E-state index >= 15 is 0 Å². The highest BCUT2D eigenvalue weighted by atomic mass is 16.3. The number of ketones is 2. The minimum atomic E-state index is -0.212. The molecule has 0 bridgehead atoms. The van der Waals surface area contributed by atoms with Gasteiger partial charge in [0.15, 0.2) is 17.1 Å². The molecule has 1 aliphatic rings. The van der Waals surface area contributed by atoms with Crippen molar-refractivity contribution in [1.82, 2.24) is 0 Å². The monoisotopic (exact) mass is 378 g/mol. The Hall–Kier alpha value is -3.16. The minimum absolute atomic E-state index is 0.193. The van der Waals surface area contributed by atoms with Crippen molar-refractivity contribution in [3.05, 3.63) is 58.3 Å². The molecule has 4 rings (SSSR count). The fourth-order valence-electron chi connectivity index (χ4n) is 3.73. The lowest BCUT2D eigenvalue weighted by atomic mass is 9.81. The van der Waals surface area contributed by atoms with E-state index in [9.17, 15) is 9.59 Å². The molecule has 0 unspecified atom stereocenters. The Kier molecular flexibility index (Phi) is 4.62. The third kappa shape index (κ3) is 2.67. The number of carbonyl (C=O) groups is 2. The second-order valence-electron chi connectivity index (χ2n) is 6.73. The van der Waals surface area contributed by atoms with Crippen LogP contribution in [0.25, 0.3) is 11.0 Å². The van der Waals surface area contributed by atoms with Crippen molar-refractivity contribution >= 4 is 33.9 Å². The van der Waals surface area contributed by atoms with Gasteiger partial charge in [0, 0.05) is 42.7 Å². The molecular weight excluding hydrogens is 356 g/mol. The highest BCUT2D eigenvalue weighted by Crippen LogP contribution is 2.44. The first-order valence-corrected chi connectivity index (χ1v) is 9.24. The largest absolute Gasteiger partial charge is 0.459 e. The number of aryl methyl sites for hydroxylation is 1. The second kappa shape index (κ2) is 7.10. The number of nitrogens with one attached hydrogen (secondary N) is 2. The molecular formula is C21H22N4O3. The van der Waals surface area contributed by atoms with E-state index in [2.05, 4.69) is 10.6 Å². The van der Waals surface area contributed by atoms with E-state index in [1.54, 1.807) is 24.3 Å². The summed E-state index contributed by atoms with van der Waals surface area (Å²) in [5, 5.41) is 7.17. The Labute approximate surface area is 162 Å². The first-order valence-electron chi connectivity index (χ1n) is 9.24. The van der Waals surface area contributed by atoms with Gasteiger partial charge in [-0.3, -0.25) is 9.59 Å². The lowest BCUT2D eigenvalue weighted by molar-refractivity contribution is 0.0980. The average Bonchev–Trinajstić information content (AvgIpc) is 3.09. The Bertz CT molecular complexity index is 1020. The smallest absolute Gasteiger partial charge is 0.196 e. The SMILES string of the molecule is Cc1cc2c(NCCN)c3c(c(NCCN)c2o1)C(=O)c1ccccc1C3=O. The van der Waals surface area contributed by atoms with Crippen LogP contribution >= 0.6 is 0 Å². The van der Waals surface area contributed by atoms with E-state index < -0.39 is 0 Å². The third-order valence-corrected chi connectivity index (χ3v) is 4.86. The molecule has 28 heavy (non-hydrogen) atoms. The molecule has 2 aromatic carbocycles. The fourth-order valence-corrected chi connectivity index (χ4v) is 3.73. The van der Waals surface area contributed by atoms with Gasteiger partial charge in [-0.05, 0) is 13.0 Å². The van der Waals surface area contributed by atoms with Crippen LogP contribution in [0, 0.1) is 6.92 Å². The number of anilines is 2. The van der Waals surface area contributed by atoms with Gasteiger partial charge >= 0.3 is 0 Å². The van der Waals surface area contributed by atoms with Gasteiger partial charge in [-0.1, -0.05) is 24.3 Å². The van der Waals surface area contributed by atoms with Crippen LogP contribution < -0.4 is 22.1 Å². The van der Waals surface area contributed by atoms with Gasteiger partial charge in [0.05, 0.1) is 22.5 Å². The zero-order valence-electron chi connectivity index (χ0n) is 15.6. The lowest BCUT2D eigenvalue weighted by Gasteiger charge is -2.24. The molecule has 0 aliphatic heterocycles. The van der Waals surface area contributed by atoms with Crippen LogP contribution in [0.1, 0.15) is 37.6 Å². The van der Waals surface area contributed by atoms with Crippen molar-refractivity contribution in [2.24, 2.45) is 11.5 Å². The van der Waals surface area contributed by atoms with Crippen molar-refractivity contribution < 1.29 is 14.0 Å². The lowest BCUT2D eigenvalue weighted by Crippen LogP contribution is -2.26. The Balaban J connectivity index is 2.09. The van der Waals surface area contributed by atoms with Crippen molar-refractivity contribution in [3.8, 4) is 0 Å². The molecule has 0 amide bonds. The summed E-state index contributed by atoms with van der Waals surface area (Å²) in [5.41, 5.74) is 14.4. The molecule has 6 N–H and O–H groups in total. The van der Waals surface area contributed by atoms with Gasteiger partial charge in [0.2, 0.25) is 0 Å². The second-order valence-corrected chi connectivity index (χ2v) is 6.73. The van der Waals surface area contributed by atoms with E-state index in [1.165, 1.54) is 0 Å². The maximum absolute atomic E-state index is 13.4. The van der Waals surface area contributed by atoms with Gasteiger partial charge in [-0.25, -0.2) is 0 Å². The number of hydrogen-bond acceptors (Lipinski definition) is 7. The summed E-state index contributed by atoms with van der Waals surface area (Å²) in [5.74, 6) is 0.277. The molecule has 1 heterocycles. The summed E-state index contributed by atoms with van der Waals surface area (Å²) in [7, 11) is 0. The van der Waals surface area contributed by atoms with Crippen molar-refractivity contribution in [1.29, 1.82) is 0 Å². The van der Waals surface area contributed by atoms with Crippen LogP contribution in [0.3, 0.4) is 0 Å². The zero-order chi connectivity index (χ0) is 19.8. The zero-order valence-corrected chi connectivity index (χ0v) is 15.6. The molecule has 0 atom stereocenters. The number of nitrogens with two attached hydrogens (primary N) is 2. The van der Waals surface area contributed by atoms with Crippen molar-refractivity contribution in [2.75, 3.05) is 36.8 Å². The standard InChI is InChI=1S/C21H22N4O3/c1-11-10-14-17(24-8-6-22)15-16(18(21(14)28-11)25-9-7-23)20(27)13-5-3-2-4-12(13)19(15)26/h2-5,10,24-25H,6-9,22-23H2,1H3. The van der Waals surface area contributed by atoms with Crippen LogP contribution in [-0.2, 0) is 0 Å². The van der Waals surface area contributed by atoms with E-state index in [1.807, 2.05) is 13.0 Å². The summed E-state index contributed by atoms with van der Waals surface area (Å²) in [4.78, 5) is 26.8. The van der Waals surface area contributed by atoms with Gasteiger partial charge in [0.25, 0.3) is 0 Å². The van der Waals surface area contributed by atoms with Crippen LogP contribution in [0.4, 0.5) is 11.4 Å². The molecule has 0 saturated carbocycles. The van der Waals surface area contributed by atoms with Crippen LogP contribution in [-0.4, -0.2) is 37.7 Å². The Morgan fingerprint density at radius 3 is 2.00 bits per heavy atom. The predicted octanol–water partition coefficient (Wildman–Crippen LogP) is 2.26. The van der Waals surface area contributed by atoms with Gasteiger partial charge in [-0.2, -0.15) is 0 Å². The van der Waals surface area contributed by atoms with Gasteiger partial charge in [0.1, 0.15) is 5.76 Å². The molecule has 0 radical (unpaired) electrons. The summed E-state index contributed by atoms with van der Waals surface area (Å²) in [6, 6.07) is 8.74. The molecule has 1 aliphatic carbocycles. The Morgan fingerprint density at radius 2 is 1.43 bits per heavy atom. The molecule has 7 heteroatoms. The molecule has 1 aromatic heterocycles. The summed E-state index contributed by atoms with van der Waals surface area (Å²) < 4.78 is 5.92. The molecule has 0 saturated heterocycles. The van der Waals surface area contributed by atoms with Crippen LogP contribution in [0.2, 0.25) is 0 Å². The fraction of sp³-hybridized carbons (Fsp3) is 0.238. The maximum atomic E-state index is 13.4. The Morgan fingerprint density at radius 1 is 0.893 bits per heavy atom. The summed E-state index contributed by atoms with van der Waals surface area (Å²) in [6.07, 6.45) is 0. The number of rotatable bonds is 6. The van der Waals surface area contributed by atoms with E-state index in [0.717, 1.165) is 5.39 Å². The first-order chi connectivity index (χ1) is 13.6. The van der Waals surface area contributed by atoms with E-state index in [4.69, 9.17) is 15.9 Å². The topological polar surface area (TPSA) is 123 Å². The van der Waals surface area contributed by atoms with Gasteiger partial charge in [-0.15, -0.1) is 0 Å². The van der Waals surface area contributed by atoms with Gasteiger partial charge < -0.3 is 26.5 Å².